The van der Waals surface area contributed by atoms with Gasteiger partial charge in [-0.25, -0.2) is 0 Å². The number of fused-ring (bicyclic) bond motifs is 2. The standard InChI is InChI=1S/C37H42ClN3O7/c1-21(2)26(20-42)41-33-35(45)40(31-22(3)12-10-15-25(31)38)19-11-18-37(33)30(34(41)44)29-27(48-37)16-8-9-17-28(43)39-23(4)32(47-36(29)46)24-13-6-5-7-14-24/h5-8,10-16,18,21,23,26-27,29-30,32-33,42H,9,17,19-20H2,1-4H3,(H,39,43)/b16-8-/t23-,26+,27-,29+,30+,32+,33-,37+/m1/s1. The first kappa shape index (κ1) is 33.9. The van der Waals surface area contributed by atoms with Gasteiger partial charge in [0.25, 0.3) is 5.91 Å². The molecule has 4 aliphatic rings. The SMILES string of the molecule is Cc1cccc(Cl)c1N1CC=C[C@]23O[C@@H]4/C=C\CCC(=O)N[C@H](C)[C@@H](c5ccccc5)OC(=O)[C@@H]4[C@H]2C(=O)N([C@@H](CO)C(C)C)[C@@H]3C1=O. The summed E-state index contributed by atoms with van der Waals surface area (Å²) < 4.78 is 13.1. The van der Waals surface area contributed by atoms with E-state index in [0.29, 0.717) is 22.7 Å². The number of esters is 1. The molecule has 0 saturated carbocycles. The molecule has 2 saturated heterocycles. The number of halogens is 1. The minimum absolute atomic E-state index is 0.155. The van der Waals surface area contributed by atoms with E-state index in [4.69, 9.17) is 21.1 Å². The smallest absolute Gasteiger partial charge is 0.313 e. The Bertz CT molecular complexity index is 1620. The molecule has 0 aliphatic carbocycles. The molecule has 2 aromatic rings. The summed E-state index contributed by atoms with van der Waals surface area (Å²) in [6.45, 7) is 7.15. The molecule has 2 aromatic carbocycles. The summed E-state index contributed by atoms with van der Waals surface area (Å²) in [6, 6.07) is 12.0. The van der Waals surface area contributed by atoms with Gasteiger partial charge in [-0.3, -0.25) is 19.2 Å². The van der Waals surface area contributed by atoms with Gasteiger partial charge in [-0.05, 0) is 43.4 Å². The number of cyclic esters (lactones) is 1. The van der Waals surface area contributed by atoms with Gasteiger partial charge in [0.2, 0.25) is 11.8 Å². The zero-order valence-corrected chi connectivity index (χ0v) is 28.3. The molecular weight excluding hydrogens is 634 g/mol. The van der Waals surface area contributed by atoms with Gasteiger partial charge in [-0.15, -0.1) is 0 Å². The van der Waals surface area contributed by atoms with Crippen LogP contribution >= 0.6 is 11.6 Å². The molecular formula is C37H42ClN3O7. The van der Waals surface area contributed by atoms with Gasteiger partial charge >= 0.3 is 5.97 Å². The van der Waals surface area contributed by atoms with E-state index < -0.39 is 72.2 Å². The molecule has 0 bridgehead atoms. The lowest BCUT2D eigenvalue weighted by atomic mass is 9.77. The predicted octanol–water partition coefficient (Wildman–Crippen LogP) is 4.29. The predicted molar refractivity (Wildman–Crippen MR) is 180 cm³/mol. The first-order valence-corrected chi connectivity index (χ1v) is 16.9. The van der Waals surface area contributed by atoms with Gasteiger partial charge in [0.05, 0.1) is 41.4 Å². The number of hydrogen-bond acceptors (Lipinski definition) is 7. The van der Waals surface area contributed by atoms with E-state index in [0.717, 1.165) is 5.56 Å². The Labute approximate surface area is 285 Å². The van der Waals surface area contributed by atoms with Gasteiger partial charge < -0.3 is 29.7 Å². The first-order valence-electron chi connectivity index (χ1n) is 16.6. The third-order valence-electron chi connectivity index (χ3n) is 10.1. The Balaban J connectivity index is 1.49. The van der Waals surface area contributed by atoms with E-state index in [1.807, 2.05) is 57.2 Å². The van der Waals surface area contributed by atoms with Crippen molar-refractivity contribution in [2.24, 2.45) is 17.8 Å². The van der Waals surface area contributed by atoms with Crippen LogP contribution in [0.3, 0.4) is 0 Å². The number of nitrogens with one attached hydrogen (secondary N) is 1. The quantitative estimate of drug-likeness (QED) is 0.358. The normalized spacial score (nSPS) is 32.0. The molecule has 4 heterocycles. The molecule has 4 aliphatic heterocycles. The third-order valence-corrected chi connectivity index (χ3v) is 10.4. The fourth-order valence-corrected chi connectivity index (χ4v) is 8.11. The van der Waals surface area contributed by atoms with Crippen LogP contribution in [0.15, 0.2) is 72.8 Å². The van der Waals surface area contributed by atoms with Crippen molar-refractivity contribution in [1.82, 2.24) is 10.2 Å². The van der Waals surface area contributed by atoms with E-state index in [9.17, 15) is 24.3 Å². The fraction of sp³-hybridized carbons (Fsp3) is 0.459. The minimum atomic E-state index is -1.55. The number of aryl methyl sites for hydroxylation is 1. The van der Waals surface area contributed by atoms with E-state index in [2.05, 4.69) is 5.32 Å². The zero-order valence-electron chi connectivity index (χ0n) is 27.5. The van der Waals surface area contributed by atoms with Crippen molar-refractivity contribution >= 4 is 41.0 Å². The van der Waals surface area contributed by atoms with Crippen molar-refractivity contribution in [1.29, 1.82) is 0 Å². The van der Waals surface area contributed by atoms with Crippen LogP contribution in [0, 0.1) is 24.7 Å². The lowest BCUT2D eigenvalue weighted by Crippen LogP contribution is -2.59. The van der Waals surface area contributed by atoms with Crippen molar-refractivity contribution in [3.05, 3.63) is 89.0 Å². The maximum atomic E-state index is 14.9. The molecule has 2 fully saturated rings. The third kappa shape index (κ3) is 5.73. The summed E-state index contributed by atoms with van der Waals surface area (Å²) in [5.74, 6) is -4.23. The number of amides is 3. The lowest BCUT2D eigenvalue weighted by molar-refractivity contribution is -0.162. The largest absolute Gasteiger partial charge is 0.455 e. The molecule has 0 unspecified atom stereocenters. The van der Waals surface area contributed by atoms with Crippen LogP contribution in [0.1, 0.15) is 50.8 Å². The van der Waals surface area contributed by atoms with Crippen LogP contribution in [0.2, 0.25) is 5.02 Å². The Hall–Kier alpha value is -3.99. The van der Waals surface area contributed by atoms with E-state index >= 15 is 0 Å². The van der Waals surface area contributed by atoms with Crippen LogP contribution in [-0.2, 0) is 28.7 Å². The second-order valence-corrected chi connectivity index (χ2v) is 13.8. The second-order valence-electron chi connectivity index (χ2n) is 13.4. The van der Waals surface area contributed by atoms with Gasteiger partial charge in [0.1, 0.15) is 23.7 Å². The van der Waals surface area contributed by atoms with Crippen LogP contribution in [0.25, 0.3) is 0 Å². The Morgan fingerprint density at radius 2 is 1.79 bits per heavy atom. The number of anilines is 1. The van der Waals surface area contributed by atoms with E-state index in [1.54, 1.807) is 48.3 Å². The highest BCUT2D eigenvalue weighted by Crippen LogP contribution is 2.54. The highest BCUT2D eigenvalue weighted by atomic mass is 35.5. The number of nitrogens with zero attached hydrogens (tertiary/aromatic N) is 2. The zero-order chi connectivity index (χ0) is 34.3. The molecule has 3 amide bonds. The molecule has 10 nitrogen and oxygen atoms in total. The lowest BCUT2D eigenvalue weighted by Gasteiger charge is -2.40. The molecule has 6 rings (SSSR count). The van der Waals surface area contributed by atoms with Crippen molar-refractivity contribution in [2.75, 3.05) is 18.1 Å². The number of aliphatic hydroxyl groups excluding tert-OH is 1. The van der Waals surface area contributed by atoms with Crippen LogP contribution < -0.4 is 10.2 Å². The molecule has 48 heavy (non-hydrogen) atoms. The van der Waals surface area contributed by atoms with E-state index in [1.165, 1.54) is 4.90 Å². The van der Waals surface area contributed by atoms with Crippen LogP contribution in [-0.4, -0.2) is 76.7 Å². The van der Waals surface area contributed by atoms with Crippen molar-refractivity contribution in [3.8, 4) is 0 Å². The second kappa shape index (κ2) is 13.5. The summed E-state index contributed by atoms with van der Waals surface area (Å²) in [4.78, 5) is 60.0. The maximum Gasteiger partial charge on any atom is 0.313 e. The maximum absolute atomic E-state index is 14.9. The van der Waals surface area contributed by atoms with E-state index in [-0.39, 0.29) is 24.8 Å². The average molecular weight is 676 g/mol. The molecule has 2 N–H and O–H groups in total. The highest BCUT2D eigenvalue weighted by molar-refractivity contribution is 6.34. The van der Waals surface area contributed by atoms with Crippen molar-refractivity contribution in [3.63, 3.8) is 0 Å². The van der Waals surface area contributed by atoms with Gasteiger partial charge in [-0.1, -0.05) is 92.2 Å². The molecule has 8 atom stereocenters. The highest BCUT2D eigenvalue weighted by Gasteiger charge is 2.73. The summed E-state index contributed by atoms with van der Waals surface area (Å²) >= 11 is 6.67. The number of para-hydroxylation sites is 1. The first-order chi connectivity index (χ1) is 23.0. The minimum Gasteiger partial charge on any atom is -0.455 e. The fourth-order valence-electron chi connectivity index (χ4n) is 7.79. The van der Waals surface area contributed by atoms with Gasteiger partial charge in [-0.2, -0.15) is 0 Å². The average Bonchev–Trinajstić information content (AvgIpc) is 3.43. The number of allylic oxidation sites excluding steroid dienone is 1. The summed E-state index contributed by atoms with van der Waals surface area (Å²) in [5, 5.41) is 14.0. The van der Waals surface area contributed by atoms with Crippen LogP contribution in [0.5, 0.6) is 0 Å². The number of aliphatic hydroxyl groups is 1. The number of ether oxygens (including phenoxy) is 2. The molecule has 0 radical (unpaired) electrons. The number of likely N-dealkylation sites (tertiary alicyclic amines) is 1. The van der Waals surface area contributed by atoms with Crippen molar-refractivity contribution in [2.45, 2.75) is 76.5 Å². The number of carbonyl (C=O) groups is 4. The topological polar surface area (TPSA) is 125 Å². The summed E-state index contributed by atoms with van der Waals surface area (Å²) in [7, 11) is 0. The Morgan fingerprint density at radius 1 is 1.04 bits per heavy atom. The summed E-state index contributed by atoms with van der Waals surface area (Å²) in [5.41, 5.74) is 0.428. The molecule has 11 heteroatoms. The molecule has 0 aromatic heterocycles. The summed E-state index contributed by atoms with van der Waals surface area (Å²) in [6.07, 6.45) is 5.81. The number of hydrogen-bond donors (Lipinski definition) is 2. The monoisotopic (exact) mass is 675 g/mol. The number of carbonyl (C=O) groups excluding carboxylic acids is 4. The van der Waals surface area contributed by atoms with Gasteiger partial charge in [0.15, 0.2) is 0 Å². The molecule has 1 spiro atoms. The number of benzene rings is 2. The molecule has 254 valence electrons. The van der Waals surface area contributed by atoms with Gasteiger partial charge in [0, 0.05) is 13.0 Å². The van der Waals surface area contributed by atoms with Crippen LogP contribution in [0.4, 0.5) is 5.69 Å². The Morgan fingerprint density at radius 3 is 2.48 bits per heavy atom. The Kier molecular flexibility index (Phi) is 9.53. The number of rotatable bonds is 5. The van der Waals surface area contributed by atoms with Crippen molar-refractivity contribution < 1.29 is 33.8 Å².